The monoisotopic (exact) mass is 334 g/mol. The molecule has 2 aliphatic heterocycles. The fraction of sp³-hybridized carbons (Fsp3) is 0.647. The van der Waals surface area contributed by atoms with Crippen molar-refractivity contribution in [2.45, 2.75) is 38.4 Å². The number of hydrogen-bond donors (Lipinski definition) is 1. The Balaban J connectivity index is 1.45. The first-order valence-corrected chi connectivity index (χ1v) is 8.62. The Labute approximate surface area is 142 Å². The molecular weight excluding hydrogens is 308 g/mol. The summed E-state index contributed by atoms with van der Waals surface area (Å²) in [7, 11) is 1.85. The van der Waals surface area contributed by atoms with E-state index < -0.39 is 0 Å². The topological polar surface area (TPSA) is 69.0 Å². The van der Waals surface area contributed by atoms with Gasteiger partial charge in [-0.1, -0.05) is 0 Å². The molecule has 2 fully saturated rings. The van der Waals surface area contributed by atoms with E-state index in [9.17, 15) is 9.59 Å². The van der Waals surface area contributed by atoms with Gasteiger partial charge in [-0.15, -0.1) is 0 Å². The zero-order chi connectivity index (χ0) is 17.1. The van der Waals surface area contributed by atoms with E-state index >= 15 is 0 Å². The van der Waals surface area contributed by atoms with Crippen LogP contribution in [0.1, 0.15) is 25.5 Å². The third-order valence-corrected chi connectivity index (χ3v) is 5.13. The molecule has 2 saturated heterocycles. The predicted octanol–water partition coefficient (Wildman–Crippen LogP) is 1.12. The molecule has 0 bridgehead atoms. The van der Waals surface area contributed by atoms with Gasteiger partial charge in [0.25, 0.3) is 0 Å². The minimum atomic E-state index is -0.169. The summed E-state index contributed by atoms with van der Waals surface area (Å²) in [5.74, 6) is 0.771. The molecule has 0 aromatic carbocycles. The lowest BCUT2D eigenvalue weighted by Crippen LogP contribution is -2.52. The molecule has 7 nitrogen and oxygen atoms in total. The molecule has 7 heteroatoms. The standard InChI is InChI=1S/C17H26N4O3/c1-13(16(22)18-12-15-4-3-11-24-15)20-7-5-14(6-8-20)21-10-9-19(2)17(21)23/h3-4,11,13-14H,5-10,12H2,1-2H3,(H,18,22)/t13-/m0/s1. The van der Waals surface area contributed by atoms with Crippen LogP contribution in [0.4, 0.5) is 4.79 Å². The number of furan rings is 1. The molecule has 0 radical (unpaired) electrons. The smallest absolute Gasteiger partial charge is 0.320 e. The average molecular weight is 334 g/mol. The quantitative estimate of drug-likeness (QED) is 0.876. The molecule has 3 amide bonds. The van der Waals surface area contributed by atoms with E-state index in [0.29, 0.717) is 12.6 Å². The molecular formula is C17H26N4O3. The maximum atomic E-state index is 12.3. The van der Waals surface area contributed by atoms with E-state index in [1.54, 1.807) is 11.2 Å². The minimum absolute atomic E-state index is 0.0156. The fourth-order valence-electron chi connectivity index (χ4n) is 3.49. The van der Waals surface area contributed by atoms with E-state index in [-0.39, 0.29) is 18.0 Å². The molecule has 1 N–H and O–H groups in total. The second kappa shape index (κ2) is 7.25. The average Bonchev–Trinajstić information content (AvgIpc) is 3.23. The molecule has 0 spiro atoms. The third kappa shape index (κ3) is 3.56. The highest BCUT2D eigenvalue weighted by atomic mass is 16.3. The van der Waals surface area contributed by atoms with Crippen molar-refractivity contribution >= 4 is 11.9 Å². The zero-order valence-electron chi connectivity index (χ0n) is 14.4. The van der Waals surface area contributed by atoms with Crippen molar-refractivity contribution in [3.05, 3.63) is 24.2 Å². The summed E-state index contributed by atoms with van der Waals surface area (Å²) < 4.78 is 5.23. The first-order valence-electron chi connectivity index (χ1n) is 8.62. The van der Waals surface area contributed by atoms with Crippen LogP contribution in [0.5, 0.6) is 0 Å². The van der Waals surface area contributed by atoms with Crippen LogP contribution in [0, 0.1) is 0 Å². The SMILES string of the molecule is C[C@@H](C(=O)NCc1ccco1)N1CCC(N2CCN(C)C2=O)CC1. The van der Waals surface area contributed by atoms with Crippen LogP contribution in [0.25, 0.3) is 0 Å². The molecule has 1 atom stereocenters. The highest BCUT2D eigenvalue weighted by Crippen LogP contribution is 2.21. The summed E-state index contributed by atoms with van der Waals surface area (Å²) in [5, 5.41) is 2.92. The molecule has 0 unspecified atom stereocenters. The fourth-order valence-corrected chi connectivity index (χ4v) is 3.49. The lowest BCUT2D eigenvalue weighted by molar-refractivity contribution is -0.126. The molecule has 1 aromatic heterocycles. The first-order chi connectivity index (χ1) is 11.6. The van der Waals surface area contributed by atoms with Crippen LogP contribution in [-0.2, 0) is 11.3 Å². The number of likely N-dealkylation sites (tertiary alicyclic amines) is 1. The van der Waals surface area contributed by atoms with Crippen LogP contribution in [-0.4, -0.2) is 71.9 Å². The van der Waals surface area contributed by atoms with Gasteiger partial charge in [-0.25, -0.2) is 4.79 Å². The van der Waals surface area contributed by atoms with Gasteiger partial charge in [-0.2, -0.15) is 0 Å². The number of urea groups is 1. The first kappa shape index (κ1) is 16.8. The number of nitrogens with zero attached hydrogens (tertiary/aromatic N) is 3. The number of piperidine rings is 1. The van der Waals surface area contributed by atoms with Gasteiger partial charge in [0, 0.05) is 39.3 Å². The Bertz CT molecular complexity index is 566. The predicted molar refractivity (Wildman–Crippen MR) is 89.3 cm³/mol. The van der Waals surface area contributed by atoms with E-state index in [0.717, 1.165) is 44.8 Å². The molecule has 132 valence electrons. The van der Waals surface area contributed by atoms with Gasteiger partial charge in [0.2, 0.25) is 5.91 Å². The number of rotatable bonds is 5. The van der Waals surface area contributed by atoms with Crippen LogP contribution >= 0.6 is 0 Å². The van der Waals surface area contributed by atoms with E-state index in [1.807, 2.05) is 31.0 Å². The second-order valence-corrected chi connectivity index (χ2v) is 6.64. The van der Waals surface area contributed by atoms with Gasteiger partial charge in [-0.3, -0.25) is 9.69 Å². The van der Waals surface area contributed by atoms with Crippen molar-refractivity contribution in [1.29, 1.82) is 0 Å². The highest BCUT2D eigenvalue weighted by molar-refractivity contribution is 5.81. The Morgan fingerprint density at radius 3 is 2.67 bits per heavy atom. The normalized spacial score (nSPS) is 21.3. The molecule has 3 rings (SSSR count). The summed E-state index contributed by atoms with van der Waals surface area (Å²) in [5.41, 5.74) is 0. The molecule has 1 aromatic rings. The molecule has 24 heavy (non-hydrogen) atoms. The second-order valence-electron chi connectivity index (χ2n) is 6.64. The maximum Gasteiger partial charge on any atom is 0.320 e. The molecule has 3 heterocycles. The largest absolute Gasteiger partial charge is 0.467 e. The lowest BCUT2D eigenvalue weighted by Gasteiger charge is -2.38. The van der Waals surface area contributed by atoms with Gasteiger partial charge in [-0.05, 0) is 31.9 Å². The van der Waals surface area contributed by atoms with Gasteiger partial charge < -0.3 is 19.5 Å². The summed E-state index contributed by atoms with van der Waals surface area (Å²) in [6.45, 7) is 5.67. The van der Waals surface area contributed by atoms with Crippen LogP contribution in [0.15, 0.2) is 22.8 Å². The highest BCUT2D eigenvalue weighted by Gasteiger charge is 2.35. The lowest BCUT2D eigenvalue weighted by atomic mass is 10.0. The van der Waals surface area contributed by atoms with Crippen molar-refractivity contribution in [3.63, 3.8) is 0 Å². The summed E-state index contributed by atoms with van der Waals surface area (Å²) in [6.07, 6.45) is 3.46. The Kier molecular flexibility index (Phi) is 5.08. The van der Waals surface area contributed by atoms with E-state index in [1.165, 1.54) is 0 Å². The molecule has 0 saturated carbocycles. The maximum absolute atomic E-state index is 12.3. The van der Waals surface area contributed by atoms with Gasteiger partial charge in [0.1, 0.15) is 5.76 Å². The zero-order valence-corrected chi connectivity index (χ0v) is 14.4. The van der Waals surface area contributed by atoms with Crippen LogP contribution in [0.3, 0.4) is 0 Å². The number of likely N-dealkylation sites (N-methyl/N-ethyl adjacent to an activating group) is 1. The van der Waals surface area contributed by atoms with Crippen LogP contribution < -0.4 is 5.32 Å². The van der Waals surface area contributed by atoms with Crippen molar-refractivity contribution < 1.29 is 14.0 Å². The number of hydrogen-bond acceptors (Lipinski definition) is 4. The summed E-state index contributed by atoms with van der Waals surface area (Å²) in [4.78, 5) is 30.3. The van der Waals surface area contributed by atoms with Crippen molar-refractivity contribution in [2.24, 2.45) is 0 Å². The summed E-state index contributed by atoms with van der Waals surface area (Å²) in [6, 6.07) is 3.93. The number of amides is 3. The Hall–Kier alpha value is -2.02. The molecule has 0 aliphatic carbocycles. The van der Waals surface area contributed by atoms with Crippen molar-refractivity contribution in [1.82, 2.24) is 20.0 Å². The number of carbonyl (C=O) groups excluding carboxylic acids is 2. The van der Waals surface area contributed by atoms with Crippen LogP contribution in [0.2, 0.25) is 0 Å². The molecule has 2 aliphatic rings. The Morgan fingerprint density at radius 2 is 2.08 bits per heavy atom. The van der Waals surface area contributed by atoms with Crippen molar-refractivity contribution in [2.75, 3.05) is 33.2 Å². The van der Waals surface area contributed by atoms with E-state index in [4.69, 9.17) is 4.42 Å². The van der Waals surface area contributed by atoms with Gasteiger partial charge in [0.15, 0.2) is 0 Å². The summed E-state index contributed by atoms with van der Waals surface area (Å²) >= 11 is 0. The van der Waals surface area contributed by atoms with Gasteiger partial charge >= 0.3 is 6.03 Å². The van der Waals surface area contributed by atoms with Crippen molar-refractivity contribution in [3.8, 4) is 0 Å². The Morgan fingerprint density at radius 1 is 1.33 bits per heavy atom. The number of carbonyl (C=O) groups is 2. The number of nitrogens with one attached hydrogen (secondary N) is 1. The van der Waals surface area contributed by atoms with E-state index in [2.05, 4.69) is 10.2 Å². The third-order valence-electron chi connectivity index (χ3n) is 5.13. The van der Waals surface area contributed by atoms with Gasteiger partial charge in [0.05, 0.1) is 18.8 Å². The minimum Gasteiger partial charge on any atom is -0.467 e.